The Morgan fingerprint density at radius 2 is 1.65 bits per heavy atom. The van der Waals surface area contributed by atoms with Gasteiger partial charge in [-0.3, -0.25) is 14.2 Å². The van der Waals surface area contributed by atoms with Crippen LogP contribution in [0.15, 0.2) is 76.4 Å². The van der Waals surface area contributed by atoms with Crippen LogP contribution in [0.1, 0.15) is 35.8 Å². The molecule has 0 radical (unpaired) electrons. The van der Waals surface area contributed by atoms with Gasteiger partial charge in [0.2, 0.25) is 0 Å². The van der Waals surface area contributed by atoms with E-state index in [0.717, 1.165) is 15.7 Å². The number of hydrogen-bond donors (Lipinski definition) is 1. The summed E-state index contributed by atoms with van der Waals surface area (Å²) in [5.41, 5.74) is 1.09. The molecule has 2 aromatic carbocycles. The molecular weight excluding hydrogens is 571 g/mol. The maximum atomic E-state index is 13.4. The first-order valence-electron chi connectivity index (χ1n) is 13.8. The lowest BCUT2D eigenvalue weighted by Crippen LogP contribution is -2.42. The molecule has 1 amide bonds. The molecule has 1 aliphatic heterocycles. The highest BCUT2D eigenvalue weighted by Crippen LogP contribution is 2.31. The number of amides is 1. The quantitative estimate of drug-likeness (QED) is 0.281. The molecule has 3 aromatic rings. The van der Waals surface area contributed by atoms with Crippen LogP contribution in [0, 0.1) is 6.92 Å². The number of carbonyl (C=O) groups excluding carboxylic acids is 1. The van der Waals surface area contributed by atoms with E-state index >= 15 is 0 Å². The van der Waals surface area contributed by atoms with Crippen LogP contribution in [-0.4, -0.2) is 53.2 Å². The number of alkyl halides is 3. The van der Waals surface area contributed by atoms with E-state index in [1.165, 1.54) is 10.8 Å². The van der Waals surface area contributed by atoms with Crippen molar-refractivity contribution in [3.8, 4) is 0 Å². The minimum atomic E-state index is -4.94. The van der Waals surface area contributed by atoms with Crippen LogP contribution >= 0.6 is 0 Å². The first-order valence-corrected chi connectivity index (χ1v) is 13.8. The number of aryl methyl sites for hydroxylation is 1. The number of hydrogen-bond acceptors (Lipinski definition) is 7. The van der Waals surface area contributed by atoms with Gasteiger partial charge in [-0.1, -0.05) is 60.7 Å². The second-order valence-electron chi connectivity index (χ2n) is 10.1. The molecule has 1 saturated heterocycles. The van der Waals surface area contributed by atoms with Crippen molar-refractivity contribution in [3.05, 3.63) is 104 Å². The number of carbonyl (C=O) groups is 1. The van der Waals surface area contributed by atoms with Crippen molar-refractivity contribution in [2.75, 3.05) is 19.8 Å². The highest BCUT2D eigenvalue weighted by atomic mass is 19.4. The van der Waals surface area contributed by atoms with E-state index in [4.69, 9.17) is 18.9 Å². The molecule has 10 nitrogen and oxygen atoms in total. The van der Waals surface area contributed by atoms with Crippen molar-refractivity contribution in [2.45, 2.75) is 64.3 Å². The summed E-state index contributed by atoms with van der Waals surface area (Å²) in [7, 11) is 0. The van der Waals surface area contributed by atoms with Gasteiger partial charge in [-0.25, -0.2) is 9.36 Å². The Hall–Kier alpha value is -3.78. The highest BCUT2D eigenvalue weighted by molar-refractivity contribution is 5.81. The Labute approximate surface area is 245 Å². The van der Waals surface area contributed by atoms with Gasteiger partial charge < -0.3 is 24.3 Å². The van der Waals surface area contributed by atoms with Crippen LogP contribution in [0.4, 0.5) is 13.2 Å². The van der Waals surface area contributed by atoms with Crippen molar-refractivity contribution >= 4 is 5.91 Å². The van der Waals surface area contributed by atoms with Crippen LogP contribution in [0.25, 0.3) is 0 Å². The van der Waals surface area contributed by atoms with Crippen LogP contribution in [0.2, 0.25) is 0 Å². The first kappa shape index (κ1) is 32.1. The molecule has 43 heavy (non-hydrogen) atoms. The maximum absolute atomic E-state index is 13.4. The third kappa shape index (κ3) is 9.10. The SMILES string of the molecule is Cc1cn([C@H]2C[C@H](OCc3ccccc3)[C@@H](COCCCNC(=O)C(F)(F)F)O2)c(=O)n(COCc2ccccc2)c1=O. The summed E-state index contributed by atoms with van der Waals surface area (Å²) in [6.45, 7) is 1.75. The Morgan fingerprint density at radius 3 is 2.30 bits per heavy atom. The van der Waals surface area contributed by atoms with Crippen LogP contribution in [0.5, 0.6) is 0 Å². The first-order chi connectivity index (χ1) is 20.6. The number of halogens is 3. The monoisotopic (exact) mass is 605 g/mol. The normalized spacial score (nSPS) is 18.6. The Balaban J connectivity index is 1.41. The minimum absolute atomic E-state index is 0.0384. The zero-order valence-corrected chi connectivity index (χ0v) is 23.6. The van der Waals surface area contributed by atoms with E-state index < -0.39 is 41.8 Å². The van der Waals surface area contributed by atoms with E-state index in [1.807, 2.05) is 60.7 Å². The predicted octanol–water partition coefficient (Wildman–Crippen LogP) is 3.45. The molecule has 0 bridgehead atoms. The summed E-state index contributed by atoms with van der Waals surface area (Å²) in [6.07, 6.45) is -4.93. The molecular formula is C30H34F3N3O7. The zero-order chi connectivity index (χ0) is 30.8. The fourth-order valence-electron chi connectivity index (χ4n) is 4.56. The van der Waals surface area contributed by atoms with Gasteiger partial charge in [0.1, 0.15) is 19.1 Å². The third-order valence-electron chi connectivity index (χ3n) is 6.79. The van der Waals surface area contributed by atoms with Gasteiger partial charge in [-0.2, -0.15) is 13.2 Å². The summed E-state index contributed by atoms with van der Waals surface area (Å²) in [4.78, 5) is 37.2. The molecule has 4 rings (SSSR count). The average Bonchev–Trinajstić information content (AvgIpc) is 3.40. The van der Waals surface area contributed by atoms with E-state index in [2.05, 4.69) is 0 Å². The van der Waals surface area contributed by atoms with Crippen molar-refractivity contribution in [3.63, 3.8) is 0 Å². The number of aromatic nitrogens is 2. The number of ether oxygens (including phenoxy) is 4. The van der Waals surface area contributed by atoms with E-state index in [-0.39, 0.29) is 52.5 Å². The lowest BCUT2D eigenvalue weighted by molar-refractivity contribution is -0.173. The molecule has 0 unspecified atom stereocenters. The highest BCUT2D eigenvalue weighted by Gasteiger charge is 2.39. The fraction of sp³-hybridized carbons (Fsp3) is 0.433. The number of nitrogens with one attached hydrogen (secondary N) is 1. The lowest BCUT2D eigenvalue weighted by Gasteiger charge is -2.19. The molecule has 1 aromatic heterocycles. The molecule has 1 fully saturated rings. The summed E-state index contributed by atoms with van der Waals surface area (Å²) >= 11 is 0. The predicted molar refractivity (Wildman–Crippen MR) is 149 cm³/mol. The molecule has 13 heteroatoms. The van der Waals surface area contributed by atoms with E-state index in [0.29, 0.717) is 5.56 Å². The third-order valence-corrected chi connectivity index (χ3v) is 6.79. The lowest BCUT2D eigenvalue weighted by atomic mass is 10.1. The van der Waals surface area contributed by atoms with Crippen molar-refractivity contribution in [1.29, 1.82) is 0 Å². The van der Waals surface area contributed by atoms with Crippen LogP contribution < -0.4 is 16.6 Å². The van der Waals surface area contributed by atoms with Gasteiger partial charge in [-0.15, -0.1) is 0 Å². The Kier molecular flexibility index (Phi) is 11.3. The largest absolute Gasteiger partial charge is 0.471 e. The summed E-state index contributed by atoms with van der Waals surface area (Å²) in [6, 6.07) is 18.8. The molecule has 0 spiro atoms. The van der Waals surface area contributed by atoms with Gasteiger partial charge in [0.25, 0.3) is 5.56 Å². The maximum Gasteiger partial charge on any atom is 0.471 e. The molecule has 1 aliphatic rings. The Bertz CT molecular complexity index is 1450. The average molecular weight is 606 g/mol. The second kappa shape index (κ2) is 15.1. The van der Waals surface area contributed by atoms with Gasteiger partial charge in [0.15, 0.2) is 0 Å². The van der Waals surface area contributed by atoms with Gasteiger partial charge in [0, 0.05) is 31.3 Å². The number of benzene rings is 2. The smallest absolute Gasteiger partial charge is 0.379 e. The van der Waals surface area contributed by atoms with Crippen molar-refractivity contribution in [2.24, 2.45) is 0 Å². The van der Waals surface area contributed by atoms with Gasteiger partial charge >= 0.3 is 17.8 Å². The molecule has 3 atom stereocenters. The van der Waals surface area contributed by atoms with Gasteiger partial charge in [0.05, 0.1) is 25.9 Å². The fourth-order valence-corrected chi connectivity index (χ4v) is 4.56. The molecule has 232 valence electrons. The molecule has 0 aliphatic carbocycles. The molecule has 1 N–H and O–H groups in total. The van der Waals surface area contributed by atoms with E-state index in [9.17, 15) is 27.6 Å². The van der Waals surface area contributed by atoms with Crippen molar-refractivity contribution in [1.82, 2.24) is 14.5 Å². The number of rotatable bonds is 14. The summed E-state index contributed by atoms with van der Waals surface area (Å²) in [5.74, 6) is -2.00. The molecule has 0 saturated carbocycles. The summed E-state index contributed by atoms with van der Waals surface area (Å²) < 4.78 is 63.0. The summed E-state index contributed by atoms with van der Waals surface area (Å²) in [5, 5.41) is 1.80. The topological polar surface area (TPSA) is 110 Å². The van der Waals surface area contributed by atoms with E-state index in [1.54, 1.807) is 12.2 Å². The second-order valence-corrected chi connectivity index (χ2v) is 10.1. The van der Waals surface area contributed by atoms with Crippen LogP contribution in [0.3, 0.4) is 0 Å². The van der Waals surface area contributed by atoms with Crippen molar-refractivity contribution < 1.29 is 36.9 Å². The molecule has 2 heterocycles. The minimum Gasteiger partial charge on any atom is -0.379 e. The Morgan fingerprint density at radius 1 is 1.00 bits per heavy atom. The standard InChI is InChI=1S/C30H34F3N3O7/c1-21-16-35(29(39)36(27(21)37)20-41-17-22-9-4-2-5-10-22)26-15-24(42-18-23-11-6-3-7-12-23)25(43-26)19-40-14-8-13-34-28(38)30(31,32)33/h2-7,9-12,16,24-26H,8,13-15,17-20H2,1H3,(H,34,38)/t24-,25+,26+/m0/s1. The van der Waals surface area contributed by atoms with Crippen LogP contribution in [-0.2, 0) is 43.7 Å². The zero-order valence-electron chi connectivity index (χ0n) is 23.6. The number of nitrogens with zero attached hydrogens (tertiary/aromatic N) is 2. The van der Waals surface area contributed by atoms with Gasteiger partial charge in [-0.05, 0) is 24.5 Å².